The summed E-state index contributed by atoms with van der Waals surface area (Å²) in [6.07, 6.45) is 10.0. The Morgan fingerprint density at radius 3 is 1.67 bits per heavy atom. The van der Waals surface area contributed by atoms with Crippen molar-refractivity contribution < 1.29 is 46.5 Å². The number of fused-ring (bicyclic) bond motifs is 3. The van der Waals surface area contributed by atoms with Gasteiger partial charge in [-0.1, -0.05) is 49.5 Å². The van der Waals surface area contributed by atoms with Crippen LogP contribution in [0.3, 0.4) is 0 Å². The third kappa shape index (κ3) is 7.46. The fourth-order valence-corrected chi connectivity index (χ4v) is 2.24. The molecule has 0 aromatic heterocycles. The summed E-state index contributed by atoms with van der Waals surface area (Å²) in [4.78, 5) is 0. The predicted molar refractivity (Wildman–Crippen MR) is 96.1 cm³/mol. The molecule has 0 N–H and O–H groups in total. The molecule has 0 nitrogen and oxygen atoms in total. The van der Waals surface area contributed by atoms with E-state index in [1.54, 1.807) is 0 Å². The van der Waals surface area contributed by atoms with Crippen LogP contribution in [0.2, 0.25) is 13.1 Å². The SMILES string of the molecule is C[Si]C.[C-]1=CC=CC1.[Cl-].[Cl-].[Ti+4].c1ccc2c(c1)[cH-]c1ccccc12. The molecule has 0 heterocycles. The molecule has 3 aromatic rings. The van der Waals surface area contributed by atoms with E-state index < -0.39 is 0 Å². The monoisotopic (exact) mass is 406 g/mol. The second kappa shape index (κ2) is 14.6. The van der Waals surface area contributed by atoms with Crippen molar-refractivity contribution in [1.29, 1.82) is 0 Å². The number of rotatable bonds is 0. The number of halogens is 2. The predicted octanol–water partition coefficient (Wildman–Crippen LogP) is -0.190. The van der Waals surface area contributed by atoms with Crippen molar-refractivity contribution in [3.63, 3.8) is 0 Å². The third-order valence-electron chi connectivity index (χ3n) is 3.11. The van der Waals surface area contributed by atoms with Crippen molar-refractivity contribution >= 4 is 31.1 Å². The third-order valence-corrected chi connectivity index (χ3v) is 3.11. The van der Waals surface area contributed by atoms with Crippen LogP contribution < -0.4 is 24.8 Å². The van der Waals surface area contributed by atoms with Gasteiger partial charge in [-0.2, -0.15) is 6.08 Å². The van der Waals surface area contributed by atoms with Crippen molar-refractivity contribution in [2.24, 2.45) is 0 Å². The zero-order valence-corrected chi connectivity index (χ0v) is 18.0. The van der Waals surface area contributed by atoms with Crippen LogP contribution in [0.5, 0.6) is 0 Å². The first-order chi connectivity index (χ1) is 10.4. The van der Waals surface area contributed by atoms with E-state index in [1.165, 1.54) is 21.5 Å². The summed E-state index contributed by atoms with van der Waals surface area (Å²) in [5, 5.41) is 5.39. The van der Waals surface area contributed by atoms with Crippen LogP contribution in [-0.4, -0.2) is 9.52 Å². The molecule has 0 saturated carbocycles. The van der Waals surface area contributed by atoms with E-state index in [0.717, 1.165) is 15.9 Å². The van der Waals surface area contributed by atoms with E-state index in [0.29, 0.717) is 0 Å². The average molecular weight is 407 g/mol. The van der Waals surface area contributed by atoms with Crippen molar-refractivity contribution in [3.05, 3.63) is 78.9 Å². The van der Waals surface area contributed by atoms with Crippen molar-refractivity contribution in [2.45, 2.75) is 19.5 Å². The minimum atomic E-state index is 0. The molecule has 1 aliphatic carbocycles. The summed E-state index contributed by atoms with van der Waals surface area (Å²) in [7, 11) is 1.08. The smallest absolute Gasteiger partial charge is 1.00 e. The standard InChI is InChI=1S/C13H9.C5H5.C2H6Si.2ClH.Ti/c1-3-7-12-10(5-1)9-11-6-2-4-8-13(11)12;1-2-4-5-3-1;1-3-2;;;/h1-9H;1-3H,4H2;1-2H3;2*1H;/q2*-1;;;;+4/p-2. The Hall–Kier alpha value is -0.699. The van der Waals surface area contributed by atoms with Crippen molar-refractivity contribution in [3.8, 4) is 0 Å². The Balaban J connectivity index is 0. The molecule has 4 heteroatoms. The van der Waals surface area contributed by atoms with E-state index in [-0.39, 0.29) is 46.5 Å². The van der Waals surface area contributed by atoms with Crippen LogP contribution in [0, 0.1) is 6.08 Å². The fourth-order valence-electron chi connectivity index (χ4n) is 2.24. The number of allylic oxidation sites excluding steroid dienone is 4. The summed E-state index contributed by atoms with van der Waals surface area (Å²) in [6.45, 7) is 4.31. The van der Waals surface area contributed by atoms with Gasteiger partial charge in [0, 0.05) is 9.52 Å². The molecule has 0 unspecified atom stereocenters. The van der Waals surface area contributed by atoms with E-state index in [4.69, 9.17) is 0 Å². The zero-order valence-electron chi connectivity index (χ0n) is 13.9. The van der Waals surface area contributed by atoms with Gasteiger partial charge >= 0.3 is 21.7 Å². The van der Waals surface area contributed by atoms with Crippen LogP contribution in [0.1, 0.15) is 6.42 Å². The maximum Gasteiger partial charge on any atom is 4.00 e. The topological polar surface area (TPSA) is 0 Å². The van der Waals surface area contributed by atoms with Gasteiger partial charge in [0.05, 0.1) is 0 Å². The summed E-state index contributed by atoms with van der Waals surface area (Å²) in [5.41, 5.74) is 0. The zero-order chi connectivity index (χ0) is 14.9. The van der Waals surface area contributed by atoms with Gasteiger partial charge in [0.1, 0.15) is 0 Å². The molecular weight excluding hydrogens is 387 g/mol. The molecule has 4 rings (SSSR count). The Morgan fingerprint density at radius 2 is 1.33 bits per heavy atom. The Bertz CT molecular complexity index is 687. The molecular formula is C20H20Cl2SiTi. The van der Waals surface area contributed by atoms with Gasteiger partial charge in [0.2, 0.25) is 0 Å². The molecule has 122 valence electrons. The summed E-state index contributed by atoms with van der Waals surface area (Å²) >= 11 is 0. The van der Waals surface area contributed by atoms with E-state index in [9.17, 15) is 0 Å². The van der Waals surface area contributed by atoms with E-state index in [1.807, 2.05) is 12.2 Å². The molecule has 0 amide bonds. The van der Waals surface area contributed by atoms with Crippen molar-refractivity contribution in [2.75, 3.05) is 0 Å². The summed E-state index contributed by atoms with van der Waals surface area (Å²) in [5.74, 6) is 0. The summed E-state index contributed by atoms with van der Waals surface area (Å²) in [6, 6.07) is 19.3. The van der Waals surface area contributed by atoms with Gasteiger partial charge in [-0.05, 0) is 0 Å². The van der Waals surface area contributed by atoms with Gasteiger partial charge in [0.15, 0.2) is 0 Å². The minimum absolute atomic E-state index is 0. The molecule has 0 aliphatic heterocycles. The molecule has 24 heavy (non-hydrogen) atoms. The Morgan fingerprint density at radius 1 is 0.875 bits per heavy atom. The quantitative estimate of drug-likeness (QED) is 0.358. The van der Waals surface area contributed by atoms with E-state index in [2.05, 4.69) is 79.8 Å². The number of benzene rings is 2. The molecule has 0 atom stereocenters. The van der Waals surface area contributed by atoms with Crippen molar-refractivity contribution in [1.82, 2.24) is 0 Å². The van der Waals surface area contributed by atoms with Crippen LogP contribution in [-0.2, 0) is 21.7 Å². The minimum Gasteiger partial charge on any atom is -1.00 e. The first kappa shape index (κ1) is 25.5. The molecule has 0 spiro atoms. The average Bonchev–Trinajstić information content (AvgIpc) is 3.19. The second-order valence-electron chi connectivity index (χ2n) is 4.82. The van der Waals surface area contributed by atoms with Crippen LogP contribution in [0.25, 0.3) is 21.5 Å². The van der Waals surface area contributed by atoms with E-state index >= 15 is 0 Å². The van der Waals surface area contributed by atoms with Gasteiger partial charge in [-0.3, -0.25) is 6.08 Å². The van der Waals surface area contributed by atoms with Crippen LogP contribution in [0.15, 0.2) is 72.8 Å². The van der Waals surface area contributed by atoms with Crippen LogP contribution >= 0.6 is 0 Å². The van der Waals surface area contributed by atoms with Gasteiger partial charge in [-0.15, -0.1) is 46.2 Å². The maximum absolute atomic E-state index is 2.99. The van der Waals surface area contributed by atoms with Gasteiger partial charge in [0.25, 0.3) is 0 Å². The Kier molecular flexibility index (Phi) is 15.6. The van der Waals surface area contributed by atoms with Gasteiger partial charge in [-0.25, -0.2) is 12.2 Å². The number of hydrogen-bond donors (Lipinski definition) is 0. The van der Waals surface area contributed by atoms with Gasteiger partial charge < -0.3 is 24.8 Å². The Labute approximate surface area is 175 Å². The number of hydrogen-bond acceptors (Lipinski definition) is 0. The molecule has 1 aliphatic rings. The molecule has 0 saturated heterocycles. The molecule has 2 radical (unpaired) electrons. The fraction of sp³-hybridized carbons (Fsp3) is 0.150. The molecule has 3 aromatic carbocycles. The molecule has 0 bridgehead atoms. The summed E-state index contributed by atoms with van der Waals surface area (Å²) < 4.78 is 0. The second-order valence-corrected chi connectivity index (χ2v) is 5.82. The molecule has 0 fully saturated rings. The largest absolute Gasteiger partial charge is 4.00 e. The first-order valence-corrected chi connectivity index (χ1v) is 9.20. The maximum atomic E-state index is 2.99. The van der Waals surface area contributed by atoms with Crippen LogP contribution in [0.4, 0.5) is 0 Å². The first-order valence-electron chi connectivity index (χ1n) is 7.20. The normalized spacial score (nSPS) is 10.4.